The average Bonchev–Trinajstić information content (AvgIpc) is 2.43. The van der Waals surface area contributed by atoms with Crippen molar-refractivity contribution in [2.24, 2.45) is 0 Å². The van der Waals surface area contributed by atoms with Crippen molar-refractivity contribution in [3.8, 4) is 0 Å². The number of nitrogens with one attached hydrogen (secondary N) is 1. The third-order valence-corrected chi connectivity index (χ3v) is 4.38. The van der Waals surface area contributed by atoms with Crippen molar-refractivity contribution in [3.63, 3.8) is 0 Å². The van der Waals surface area contributed by atoms with Crippen molar-refractivity contribution in [3.05, 3.63) is 59.2 Å². The van der Waals surface area contributed by atoms with E-state index in [1.165, 1.54) is 12.1 Å². The first-order chi connectivity index (χ1) is 10.2. The second kappa shape index (κ2) is 5.84. The molecule has 0 bridgehead atoms. The van der Waals surface area contributed by atoms with Crippen molar-refractivity contribution in [2.75, 3.05) is 4.72 Å². The van der Waals surface area contributed by atoms with Gasteiger partial charge in [-0.05, 0) is 38.1 Å². The van der Waals surface area contributed by atoms with Gasteiger partial charge in [0.15, 0.2) is 17.4 Å². The molecule has 0 aliphatic heterocycles. The van der Waals surface area contributed by atoms with E-state index < -0.39 is 33.1 Å². The van der Waals surface area contributed by atoms with E-state index in [-0.39, 0.29) is 10.5 Å². The topological polar surface area (TPSA) is 63.2 Å². The van der Waals surface area contributed by atoms with Crippen LogP contribution in [0.1, 0.15) is 22.8 Å². The van der Waals surface area contributed by atoms with Crippen LogP contribution in [-0.2, 0) is 10.0 Å². The van der Waals surface area contributed by atoms with Gasteiger partial charge >= 0.3 is 0 Å². The molecule has 0 unspecified atom stereocenters. The number of aryl methyl sites for hydroxylation is 1. The molecule has 0 aliphatic carbocycles. The van der Waals surface area contributed by atoms with Crippen LogP contribution >= 0.6 is 0 Å². The van der Waals surface area contributed by atoms with Crippen LogP contribution < -0.4 is 4.72 Å². The monoisotopic (exact) mass is 325 g/mol. The van der Waals surface area contributed by atoms with Crippen LogP contribution in [0.15, 0.2) is 41.3 Å². The lowest BCUT2D eigenvalue weighted by atomic mass is 10.1. The molecule has 7 heteroatoms. The molecule has 0 saturated carbocycles. The third kappa shape index (κ3) is 3.30. The number of carbonyl (C=O) groups excluding carboxylic acids is 1. The number of anilines is 1. The molecule has 22 heavy (non-hydrogen) atoms. The number of rotatable bonds is 4. The number of sulfonamides is 1. The predicted octanol–water partition coefficient (Wildman–Crippen LogP) is 3.28. The van der Waals surface area contributed by atoms with E-state index in [0.717, 1.165) is 24.6 Å². The molecule has 0 atom stereocenters. The van der Waals surface area contributed by atoms with E-state index in [4.69, 9.17) is 0 Å². The third-order valence-electron chi connectivity index (χ3n) is 3.02. The summed E-state index contributed by atoms with van der Waals surface area (Å²) < 4.78 is 53.8. The molecular weight excluding hydrogens is 312 g/mol. The van der Waals surface area contributed by atoms with E-state index in [0.29, 0.717) is 0 Å². The molecule has 2 aromatic rings. The van der Waals surface area contributed by atoms with Gasteiger partial charge in [0.05, 0.1) is 4.90 Å². The maximum absolute atomic E-state index is 13.9. The Hall–Kier alpha value is -2.28. The van der Waals surface area contributed by atoms with E-state index in [9.17, 15) is 22.0 Å². The highest BCUT2D eigenvalue weighted by atomic mass is 32.2. The molecule has 0 spiro atoms. The Morgan fingerprint density at radius 1 is 1.05 bits per heavy atom. The van der Waals surface area contributed by atoms with Gasteiger partial charge in [0.25, 0.3) is 10.0 Å². The number of halogens is 2. The molecule has 0 aromatic heterocycles. The summed E-state index contributed by atoms with van der Waals surface area (Å²) in [5.74, 6) is -2.83. The molecular formula is C15H13F2NO3S. The summed E-state index contributed by atoms with van der Waals surface area (Å²) in [5.41, 5.74) is -0.138. The second-order valence-corrected chi connectivity index (χ2v) is 6.47. The summed E-state index contributed by atoms with van der Waals surface area (Å²) in [6, 6.07) is 7.38. The first kappa shape index (κ1) is 16.1. The lowest BCUT2D eigenvalue weighted by molar-refractivity contribution is 0.101. The Morgan fingerprint density at radius 2 is 1.55 bits per heavy atom. The Bertz CT molecular complexity index is 807. The van der Waals surface area contributed by atoms with Gasteiger partial charge in [0.1, 0.15) is 5.69 Å². The minimum Gasteiger partial charge on any atom is -0.295 e. The lowest BCUT2D eigenvalue weighted by Gasteiger charge is -2.11. The normalized spacial score (nSPS) is 11.3. The number of carbonyl (C=O) groups is 1. The molecule has 0 aliphatic rings. The van der Waals surface area contributed by atoms with Crippen LogP contribution in [0.25, 0.3) is 0 Å². The van der Waals surface area contributed by atoms with Gasteiger partial charge in [0, 0.05) is 5.56 Å². The maximum atomic E-state index is 13.9. The summed E-state index contributed by atoms with van der Waals surface area (Å²) in [4.78, 5) is 11.0. The van der Waals surface area contributed by atoms with Crippen LogP contribution in [0.5, 0.6) is 0 Å². The van der Waals surface area contributed by atoms with Crippen LogP contribution in [0.2, 0.25) is 0 Å². The lowest BCUT2D eigenvalue weighted by Crippen LogP contribution is -2.15. The number of benzene rings is 2. The van der Waals surface area contributed by atoms with Gasteiger partial charge in [-0.3, -0.25) is 9.52 Å². The van der Waals surface area contributed by atoms with E-state index in [1.54, 1.807) is 19.1 Å². The zero-order valence-electron chi connectivity index (χ0n) is 11.9. The van der Waals surface area contributed by atoms with Gasteiger partial charge in [-0.1, -0.05) is 17.7 Å². The molecule has 2 aromatic carbocycles. The van der Waals surface area contributed by atoms with Gasteiger partial charge < -0.3 is 0 Å². The SMILES string of the molecule is CC(=O)c1cc(F)c(NS(=O)(=O)c2ccc(C)cc2)c(F)c1. The first-order valence-electron chi connectivity index (χ1n) is 6.30. The molecule has 0 radical (unpaired) electrons. The summed E-state index contributed by atoms with van der Waals surface area (Å²) >= 11 is 0. The minimum atomic E-state index is -4.12. The Morgan fingerprint density at radius 3 is 2.00 bits per heavy atom. The van der Waals surface area contributed by atoms with Crippen LogP contribution in [0.4, 0.5) is 14.5 Å². The predicted molar refractivity (Wildman–Crippen MR) is 78.4 cm³/mol. The minimum absolute atomic E-state index is 0.118. The van der Waals surface area contributed by atoms with Crippen LogP contribution in [0.3, 0.4) is 0 Å². The molecule has 0 heterocycles. The quantitative estimate of drug-likeness (QED) is 0.878. The highest BCUT2D eigenvalue weighted by Crippen LogP contribution is 2.24. The van der Waals surface area contributed by atoms with Crippen molar-refractivity contribution in [1.82, 2.24) is 0 Å². The van der Waals surface area contributed by atoms with E-state index >= 15 is 0 Å². The van der Waals surface area contributed by atoms with Gasteiger partial charge in [-0.25, -0.2) is 17.2 Å². The van der Waals surface area contributed by atoms with Crippen LogP contribution in [-0.4, -0.2) is 14.2 Å². The van der Waals surface area contributed by atoms with Crippen molar-refractivity contribution >= 4 is 21.5 Å². The fourth-order valence-corrected chi connectivity index (χ4v) is 2.86. The number of hydrogen-bond acceptors (Lipinski definition) is 3. The summed E-state index contributed by atoms with van der Waals surface area (Å²) in [5, 5.41) is 0. The average molecular weight is 325 g/mol. The van der Waals surface area contributed by atoms with Crippen molar-refractivity contribution in [1.29, 1.82) is 0 Å². The largest absolute Gasteiger partial charge is 0.295 e. The smallest absolute Gasteiger partial charge is 0.262 e. The molecule has 2 rings (SSSR count). The molecule has 116 valence electrons. The fraction of sp³-hybridized carbons (Fsp3) is 0.133. The van der Waals surface area contributed by atoms with Gasteiger partial charge in [-0.15, -0.1) is 0 Å². The maximum Gasteiger partial charge on any atom is 0.262 e. The zero-order valence-corrected chi connectivity index (χ0v) is 12.7. The Kier molecular flexibility index (Phi) is 4.27. The summed E-state index contributed by atoms with van der Waals surface area (Å²) in [6.45, 7) is 2.94. The van der Waals surface area contributed by atoms with Crippen molar-refractivity contribution in [2.45, 2.75) is 18.7 Å². The van der Waals surface area contributed by atoms with Crippen molar-refractivity contribution < 1.29 is 22.0 Å². The summed E-state index contributed by atoms with van der Waals surface area (Å²) in [6.07, 6.45) is 0. The fourth-order valence-electron chi connectivity index (χ4n) is 1.78. The Balaban J connectivity index is 2.42. The molecule has 0 saturated heterocycles. The summed E-state index contributed by atoms with van der Waals surface area (Å²) in [7, 11) is -4.12. The molecule has 0 amide bonds. The van der Waals surface area contributed by atoms with Gasteiger partial charge in [-0.2, -0.15) is 0 Å². The first-order valence-corrected chi connectivity index (χ1v) is 7.78. The highest BCUT2D eigenvalue weighted by Gasteiger charge is 2.20. The van der Waals surface area contributed by atoms with Gasteiger partial charge in [0.2, 0.25) is 0 Å². The molecule has 1 N–H and O–H groups in total. The second-order valence-electron chi connectivity index (χ2n) is 4.79. The van der Waals surface area contributed by atoms with Crippen LogP contribution in [0, 0.1) is 18.6 Å². The van der Waals surface area contributed by atoms with E-state index in [1.807, 2.05) is 4.72 Å². The Labute approximate surface area is 126 Å². The zero-order chi connectivity index (χ0) is 16.5. The molecule has 0 fully saturated rings. The number of Topliss-reactive ketones (excluding diaryl/α,β-unsaturated/α-hetero) is 1. The number of ketones is 1. The molecule has 4 nitrogen and oxygen atoms in total. The van der Waals surface area contributed by atoms with E-state index in [2.05, 4.69) is 0 Å². The number of hydrogen-bond donors (Lipinski definition) is 1. The standard InChI is InChI=1S/C15H13F2NO3S/c1-9-3-5-12(6-4-9)22(20,21)18-15-13(16)7-11(10(2)19)8-14(15)17/h3-8,18H,1-2H3. The highest BCUT2D eigenvalue weighted by molar-refractivity contribution is 7.92.